The van der Waals surface area contributed by atoms with E-state index in [0.29, 0.717) is 12.3 Å². The number of hydrogen-bond acceptors (Lipinski definition) is 4. The Hall–Kier alpha value is -3.14. The fourth-order valence-electron chi connectivity index (χ4n) is 2.87. The summed E-state index contributed by atoms with van der Waals surface area (Å²) in [6.07, 6.45) is 4.53. The molecule has 0 aliphatic rings. The summed E-state index contributed by atoms with van der Waals surface area (Å²) >= 11 is 0. The Morgan fingerprint density at radius 1 is 0.889 bits per heavy atom. The molecule has 0 saturated carbocycles. The van der Waals surface area contributed by atoms with Crippen molar-refractivity contribution in [2.45, 2.75) is 25.9 Å². The Balaban J connectivity index is 1.54. The molecule has 1 heterocycles. The topological polar surface area (TPSA) is 48.4 Å². The van der Waals surface area contributed by atoms with Gasteiger partial charge in [-0.3, -0.25) is 0 Å². The van der Waals surface area contributed by atoms with Gasteiger partial charge in [-0.05, 0) is 48.1 Å². The number of nitrogens with zero attached hydrogens (tertiary/aromatic N) is 1. The van der Waals surface area contributed by atoms with Crippen LogP contribution in [-0.2, 0) is 24.2 Å². The van der Waals surface area contributed by atoms with Crippen molar-refractivity contribution in [2.24, 2.45) is 0 Å². The van der Waals surface area contributed by atoms with E-state index in [2.05, 4.69) is 27.9 Å². The Bertz CT molecular complexity index is 860. The zero-order valence-electron chi connectivity index (χ0n) is 15.4. The van der Waals surface area contributed by atoms with Gasteiger partial charge in [-0.15, -0.1) is 0 Å². The van der Waals surface area contributed by atoms with Crippen LogP contribution in [0.15, 0.2) is 72.9 Å². The van der Waals surface area contributed by atoms with Crippen LogP contribution in [0.1, 0.15) is 33.6 Å². The molecule has 0 radical (unpaired) electrons. The Morgan fingerprint density at radius 2 is 1.67 bits per heavy atom. The lowest BCUT2D eigenvalue weighted by Gasteiger charge is -2.11. The molecule has 0 aliphatic heterocycles. The van der Waals surface area contributed by atoms with E-state index >= 15 is 0 Å². The van der Waals surface area contributed by atoms with Crippen LogP contribution in [0, 0.1) is 0 Å². The number of pyridine rings is 1. The van der Waals surface area contributed by atoms with Crippen molar-refractivity contribution in [1.29, 1.82) is 0 Å². The van der Waals surface area contributed by atoms with Crippen LogP contribution < -0.4 is 4.74 Å². The number of esters is 1. The van der Waals surface area contributed by atoms with Crippen molar-refractivity contribution >= 4 is 5.97 Å². The molecule has 0 saturated heterocycles. The van der Waals surface area contributed by atoms with Crippen LogP contribution in [0.25, 0.3) is 0 Å². The van der Waals surface area contributed by atoms with Gasteiger partial charge in [-0.2, -0.15) is 0 Å². The number of benzene rings is 2. The maximum Gasteiger partial charge on any atom is 0.356 e. The molecule has 0 unspecified atom stereocenters. The van der Waals surface area contributed by atoms with Gasteiger partial charge in [-0.1, -0.05) is 54.6 Å². The van der Waals surface area contributed by atoms with Gasteiger partial charge in [-0.25, -0.2) is 9.78 Å². The minimum absolute atomic E-state index is 0.334. The smallest absolute Gasteiger partial charge is 0.356 e. The van der Waals surface area contributed by atoms with Gasteiger partial charge in [0.25, 0.3) is 0 Å². The highest BCUT2D eigenvalue weighted by atomic mass is 16.5. The quantitative estimate of drug-likeness (QED) is 0.549. The summed E-state index contributed by atoms with van der Waals surface area (Å²) in [6.45, 7) is 0.566. The minimum Gasteiger partial charge on any atom is -0.489 e. The second-order valence-electron chi connectivity index (χ2n) is 6.28. The van der Waals surface area contributed by atoms with Crippen molar-refractivity contribution in [3.8, 4) is 5.75 Å². The van der Waals surface area contributed by atoms with Crippen LogP contribution in [0.3, 0.4) is 0 Å². The summed E-state index contributed by atoms with van der Waals surface area (Å²) in [6, 6.07) is 22.0. The summed E-state index contributed by atoms with van der Waals surface area (Å²) in [4.78, 5) is 15.6. The number of carbonyl (C=O) groups excluding carboxylic acids is 1. The highest BCUT2D eigenvalue weighted by Crippen LogP contribution is 2.21. The van der Waals surface area contributed by atoms with E-state index in [4.69, 9.17) is 4.74 Å². The normalized spacial score (nSPS) is 10.4. The van der Waals surface area contributed by atoms with E-state index < -0.39 is 5.97 Å². The van der Waals surface area contributed by atoms with Gasteiger partial charge in [0, 0.05) is 6.20 Å². The van der Waals surface area contributed by atoms with Gasteiger partial charge < -0.3 is 9.47 Å². The first-order valence-electron chi connectivity index (χ1n) is 9.04. The van der Waals surface area contributed by atoms with Crippen LogP contribution in [0.2, 0.25) is 0 Å². The number of para-hydroxylation sites is 1. The molecule has 3 aromatic rings. The first kappa shape index (κ1) is 18.6. The first-order valence-corrected chi connectivity index (χ1v) is 9.04. The molecule has 4 heteroatoms. The van der Waals surface area contributed by atoms with Crippen LogP contribution in [-0.4, -0.2) is 18.1 Å². The number of rotatable bonds is 8. The van der Waals surface area contributed by atoms with Gasteiger partial charge in [0.15, 0.2) is 0 Å². The summed E-state index contributed by atoms with van der Waals surface area (Å²) in [7, 11) is 1.36. The SMILES string of the molecule is COC(=O)c1ccc(CCCc2ccccc2OCc2ccccc2)cn1. The molecule has 27 heavy (non-hydrogen) atoms. The molecule has 3 rings (SSSR count). The van der Waals surface area contributed by atoms with E-state index in [-0.39, 0.29) is 0 Å². The lowest BCUT2D eigenvalue weighted by Crippen LogP contribution is -2.04. The summed E-state index contributed by atoms with van der Waals surface area (Å²) in [5.74, 6) is 0.520. The summed E-state index contributed by atoms with van der Waals surface area (Å²) in [5.41, 5.74) is 3.79. The minimum atomic E-state index is -0.411. The third kappa shape index (κ3) is 5.42. The van der Waals surface area contributed by atoms with E-state index in [1.165, 1.54) is 12.7 Å². The largest absolute Gasteiger partial charge is 0.489 e. The molecule has 0 atom stereocenters. The van der Waals surface area contributed by atoms with Crippen molar-refractivity contribution in [1.82, 2.24) is 4.98 Å². The third-order valence-electron chi connectivity index (χ3n) is 4.34. The average molecular weight is 361 g/mol. The van der Waals surface area contributed by atoms with Crippen molar-refractivity contribution < 1.29 is 14.3 Å². The van der Waals surface area contributed by atoms with E-state index in [9.17, 15) is 4.79 Å². The van der Waals surface area contributed by atoms with Gasteiger partial charge in [0.05, 0.1) is 7.11 Å². The molecule has 0 amide bonds. The highest BCUT2D eigenvalue weighted by Gasteiger charge is 2.07. The molecule has 0 spiro atoms. The molecule has 0 fully saturated rings. The fourth-order valence-corrected chi connectivity index (χ4v) is 2.87. The third-order valence-corrected chi connectivity index (χ3v) is 4.34. The van der Waals surface area contributed by atoms with Crippen LogP contribution in [0.4, 0.5) is 0 Å². The average Bonchev–Trinajstić information content (AvgIpc) is 2.74. The van der Waals surface area contributed by atoms with E-state index in [1.807, 2.05) is 42.5 Å². The van der Waals surface area contributed by atoms with Crippen molar-refractivity contribution in [3.05, 3.63) is 95.3 Å². The number of ether oxygens (including phenoxy) is 2. The highest BCUT2D eigenvalue weighted by molar-refractivity contribution is 5.86. The second-order valence-corrected chi connectivity index (χ2v) is 6.28. The fraction of sp³-hybridized carbons (Fsp3) is 0.217. The number of hydrogen-bond donors (Lipinski definition) is 0. The van der Waals surface area contributed by atoms with E-state index in [1.54, 1.807) is 12.3 Å². The van der Waals surface area contributed by atoms with Gasteiger partial charge in [0.1, 0.15) is 18.1 Å². The number of carbonyl (C=O) groups is 1. The molecule has 0 bridgehead atoms. The molecule has 138 valence electrons. The molecular weight excluding hydrogens is 338 g/mol. The van der Waals surface area contributed by atoms with Gasteiger partial charge in [0.2, 0.25) is 0 Å². The lowest BCUT2D eigenvalue weighted by molar-refractivity contribution is 0.0594. The molecule has 4 nitrogen and oxygen atoms in total. The predicted molar refractivity (Wildman–Crippen MR) is 105 cm³/mol. The number of methoxy groups -OCH3 is 1. The summed E-state index contributed by atoms with van der Waals surface area (Å²) < 4.78 is 10.7. The van der Waals surface area contributed by atoms with Crippen LogP contribution in [0.5, 0.6) is 5.75 Å². The standard InChI is InChI=1S/C23H23NO3/c1-26-23(25)21-15-14-18(16-24-21)10-7-12-20-11-5-6-13-22(20)27-17-19-8-3-2-4-9-19/h2-6,8-9,11,13-16H,7,10,12,17H2,1H3. The van der Waals surface area contributed by atoms with E-state index in [0.717, 1.165) is 36.1 Å². The maximum atomic E-state index is 11.4. The Morgan fingerprint density at radius 3 is 2.41 bits per heavy atom. The first-order chi connectivity index (χ1) is 13.3. The molecular formula is C23H23NO3. The van der Waals surface area contributed by atoms with Crippen LogP contribution >= 0.6 is 0 Å². The van der Waals surface area contributed by atoms with Crippen molar-refractivity contribution in [2.75, 3.05) is 7.11 Å². The molecule has 0 N–H and O–H groups in total. The zero-order chi connectivity index (χ0) is 18.9. The zero-order valence-corrected chi connectivity index (χ0v) is 15.4. The Labute approximate surface area is 159 Å². The number of aryl methyl sites for hydroxylation is 2. The molecule has 0 aliphatic carbocycles. The maximum absolute atomic E-state index is 11.4. The van der Waals surface area contributed by atoms with Gasteiger partial charge >= 0.3 is 5.97 Å². The second kappa shape index (κ2) is 9.53. The van der Waals surface area contributed by atoms with Crippen molar-refractivity contribution in [3.63, 3.8) is 0 Å². The Kier molecular flexibility index (Phi) is 6.58. The lowest BCUT2D eigenvalue weighted by atomic mass is 10.0. The summed E-state index contributed by atoms with van der Waals surface area (Å²) in [5, 5.41) is 0. The monoisotopic (exact) mass is 361 g/mol. The number of aromatic nitrogens is 1. The predicted octanol–water partition coefficient (Wildman–Crippen LogP) is 4.62. The molecule has 2 aromatic carbocycles. The molecule has 1 aromatic heterocycles.